The van der Waals surface area contributed by atoms with Crippen LogP contribution in [0.15, 0.2) is 18.2 Å². The van der Waals surface area contributed by atoms with E-state index in [4.69, 9.17) is 0 Å². The van der Waals surface area contributed by atoms with Crippen LogP contribution in [0.1, 0.15) is 17.5 Å². The fourth-order valence-electron chi connectivity index (χ4n) is 2.55. The smallest absolute Gasteiger partial charge is 0.238 e. The number of aryl methyl sites for hydroxylation is 1. The third-order valence-electron chi connectivity index (χ3n) is 4.10. The van der Waals surface area contributed by atoms with E-state index >= 15 is 0 Å². The quantitative estimate of drug-likeness (QED) is 0.912. The Kier molecular flexibility index (Phi) is 4.68. The predicted molar refractivity (Wildman–Crippen MR) is 84.2 cm³/mol. The maximum Gasteiger partial charge on any atom is 0.238 e. The maximum atomic E-state index is 12.1. The Hall–Kier alpha value is -1.40. The largest absolute Gasteiger partial charge is 0.325 e. The number of sulfone groups is 1. The lowest BCUT2D eigenvalue weighted by Gasteiger charge is -2.22. The van der Waals surface area contributed by atoms with Crippen molar-refractivity contribution in [3.63, 3.8) is 0 Å². The van der Waals surface area contributed by atoms with Gasteiger partial charge in [-0.15, -0.1) is 0 Å². The van der Waals surface area contributed by atoms with E-state index in [0.717, 1.165) is 16.8 Å². The van der Waals surface area contributed by atoms with Crippen LogP contribution in [0.4, 0.5) is 5.69 Å². The van der Waals surface area contributed by atoms with Crippen LogP contribution in [-0.4, -0.2) is 50.4 Å². The lowest BCUT2D eigenvalue weighted by molar-refractivity contribution is -0.117. The predicted octanol–water partition coefficient (Wildman–Crippen LogP) is 1.36. The van der Waals surface area contributed by atoms with Crippen molar-refractivity contribution < 1.29 is 13.2 Å². The number of hydrogen-bond acceptors (Lipinski definition) is 4. The number of rotatable bonds is 4. The van der Waals surface area contributed by atoms with E-state index in [0.29, 0.717) is 6.42 Å². The van der Waals surface area contributed by atoms with Crippen molar-refractivity contribution in [1.29, 1.82) is 0 Å². The average molecular weight is 310 g/mol. The summed E-state index contributed by atoms with van der Waals surface area (Å²) in [6.45, 7) is 4.17. The Morgan fingerprint density at radius 2 is 2.10 bits per heavy atom. The number of hydrogen-bond donors (Lipinski definition) is 1. The highest BCUT2D eigenvalue weighted by molar-refractivity contribution is 7.91. The molecule has 1 N–H and O–H groups in total. The van der Waals surface area contributed by atoms with E-state index in [2.05, 4.69) is 5.32 Å². The summed E-state index contributed by atoms with van der Waals surface area (Å²) in [5.74, 6) is 0.261. The van der Waals surface area contributed by atoms with Crippen molar-refractivity contribution in [2.24, 2.45) is 0 Å². The van der Waals surface area contributed by atoms with Gasteiger partial charge >= 0.3 is 0 Å². The van der Waals surface area contributed by atoms with Gasteiger partial charge in [-0.05, 0) is 44.5 Å². The van der Waals surface area contributed by atoms with Crippen LogP contribution in [0.2, 0.25) is 0 Å². The summed E-state index contributed by atoms with van der Waals surface area (Å²) >= 11 is 0. The minimum Gasteiger partial charge on any atom is -0.325 e. The van der Waals surface area contributed by atoms with Crippen molar-refractivity contribution >= 4 is 21.4 Å². The fourth-order valence-corrected chi connectivity index (χ4v) is 4.36. The lowest BCUT2D eigenvalue weighted by Crippen LogP contribution is -2.38. The fraction of sp³-hybridized carbons (Fsp3) is 0.533. The molecular weight excluding hydrogens is 288 g/mol. The molecule has 116 valence electrons. The number of carbonyl (C=O) groups excluding carboxylic acids is 1. The lowest BCUT2D eigenvalue weighted by atomic mass is 10.1. The second kappa shape index (κ2) is 6.15. The molecule has 0 aromatic heterocycles. The molecule has 5 nitrogen and oxygen atoms in total. The van der Waals surface area contributed by atoms with Gasteiger partial charge < -0.3 is 5.32 Å². The van der Waals surface area contributed by atoms with E-state index in [9.17, 15) is 13.2 Å². The molecule has 1 aromatic rings. The van der Waals surface area contributed by atoms with Gasteiger partial charge in [-0.1, -0.05) is 12.1 Å². The number of carbonyl (C=O) groups is 1. The molecule has 21 heavy (non-hydrogen) atoms. The third-order valence-corrected chi connectivity index (χ3v) is 5.85. The molecule has 1 aromatic carbocycles. The minimum atomic E-state index is -2.92. The van der Waals surface area contributed by atoms with Gasteiger partial charge in [0.1, 0.15) is 0 Å². The van der Waals surface area contributed by atoms with Gasteiger partial charge in [0, 0.05) is 11.7 Å². The normalized spacial score (nSPS) is 20.7. The number of nitrogens with zero attached hydrogens (tertiary/aromatic N) is 1. The van der Waals surface area contributed by atoms with E-state index in [1.54, 1.807) is 7.05 Å². The first kappa shape index (κ1) is 16.0. The second-order valence-electron chi connectivity index (χ2n) is 5.77. The van der Waals surface area contributed by atoms with Crippen molar-refractivity contribution in [2.45, 2.75) is 26.3 Å². The van der Waals surface area contributed by atoms with Crippen molar-refractivity contribution in [3.05, 3.63) is 29.3 Å². The zero-order valence-electron chi connectivity index (χ0n) is 12.7. The van der Waals surface area contributed by atoms with Gasteiger partial charge in [0.05, 0.1) is 18.1 Å². The molecule has 1 atom stereocenters. The number of amides is 1. The summed E-state index contributed by atoms with van der Waals surface area (Å²) < 4.78 is 23.0. The first-order chi connectivity index (χ1) is 9.78. The molecule has 1 aliphatic heterocycles. The van der Waals surface area contributed by atoms with E-state index < -0.39 is 9.84 Å². The highest BCUT2D eigenvalue weighted by Gasteiger charge is 2.31. The molecule has 1 amide bonds. The van der Waals surface area contributed by atoms with Crippen LogP contribution in [0, 0.1) is 13.8 Å². The monoisotopic (exact) mass is 310 g/mol. The zero-order valence-corrected chi connectivity index (χ0v) is 13.5. The highest BCUT2D eigenvalue weighted by Crippen LogP contribution is 2.19. The van der Waals surface area contributed by atoms with Gasteiger partial charge in [-0.3, -0.25) is 9.69 Å². The molecule has 1 fully saturated rings. The van der Waals surface area contributed by atoms with Crippen molar-refractivity contribution in [3.8, 4) is 0 Å². The number of benzene rings is 1. The van der Waals surface area contributed by atoms with Crippen molar-refractivity contribution in [1.82, 2.24) is 4.90 Å². The van der Waals surface area contributed by atoms with Crippen molar-refractivity contribution in [2.75, 3.05) is 30.4 Å². The summed E-state index contributed by atoms with van der Waals surface area (Å²) in [4.78, 5) is 13.9. The SMILES string of the molecule is Cc1cccc(NC(=O)CN(C)C2CCS(=O)(=O)C2)c1C. The number of nitrogens with one attached hydrogen (secondary N) is 1. The van der Waals surface area contributed by atoms with Gasteiger partial charge in [0.15, 0.2) is 9.84 Å². The molecule has 0 bridgehead atoms. The second-order valence-corrected chi connectivity index (χ2v) is 8.00. The van der Waals surface area contributed by atoms with Crippen LogP contribution in [0.3, 0.4) is 0 Å². The Labute approximate surface area is 126 Å². The minimum absolute atomic E-state index is 0.0562. The standard InChI is InChI=1S/C15H22N2O3S/c1-11-5-4-6-14(12(11)2)16-15(18)9-17(3)13-7-8-21(19,20)10-13/h4-6,13H,7-10H2,1-3H3,(H,16,18). The Morgan fingerprint density at radius 3 is 2.71 bits per heavy atom. The first-order valence-corrected chi connectivity index (χ1v) is 8.87. The number of likely N-dealkylation sites (N-methyl/N-ethyl adjacent to an activating group) is 1. The highest BCUT2D eigenvalue weighted by atomic mass is 32.2. The summed E-state index contributed by atoms with van der Waals surface area (Å²) in [5.41, 5.74) is 2.99. The topological polar surface area (TPSA) is 66.5 Å². The van der Waals surface area contributed by atoms with Gasteiger partial charge in [0.25, 0.3) is 0 Å². The van der Waals surface area contributed by atoms with Crippen LogP contribution >= 0.6 is 0 Å². The van der Waals surface area contributed by atoms with E-state index in [1.807, 2.05) is 36.9 Å². The van der Waals surface area contributed by atoms with Gasteiger partial charge in [-0.2, -0.15) is 0 Å². The van der Waals surface area contributed by atoms with Crippen LogP contribution in [0.25, 0.3) is 0 Å². The molecule has 6 heteroatoms. The van der Waals surface area contributed by atoms with Crippen LogP contribution in [-0.2, 0) is 14.6 Å². The van der Waals surface area contributed by atoms with Gasteiger partial charge in [-0.25, -0.2) is 8.42 Å². The molecular formula is C15H22N2O3S. The zero-order chi connectivity index (χ0) is 15.6. The summed E-state index contributed by atoms with van der Waals surface area (Å²) in [6, 6.07) is 5.73. The molecule has 0 aliphatic carbocycles. The van der Waals surface area contributed by atoms with Crippen LogP contribution < -0.4 is 5.32 Å². The average Bonchev–Trinajstić information content (AvgIpc) is 2.75. The molecule has 0 saturated carbocycles. The molecule has 0 radical (unpaired) electrons. The van der Waals surface area contributed by atoms with E-state index in [-0.39, 0.29) is 30.0 Å². The number of anilines is 1. The molecule has 1 aliphatic rings. The molecule has 1 heterocycles. The van der Waals surface area contributed by atoms with E-state index in [1.165, 1.54) is 0 Å². The van der Waals surface area contributed by atoms with Crippen LogP contribution in [0.5, 0.6) is 0 Å². The summed E-state index contributed by atoms with van der Waals surface area (Å²) in [6.07, 6.45) is 0.607. The maximum absolute atomic E-state index is 12.1. The molecule has 0 spiro atoms. The Morgan fingerprint density at radius 1 is 1.38 bits per heavy atom. The first-order valence-electron chi connectivity index (χ1n) is 7.05. The Bertz CT molecular complexity index is 640. The van der Waals surface area contributed by atoms with Gasteiger partial charge in [0.2, 0.25) is 5.91 Å². The molecule has 1 unspecified atom stereocenters. The Balaban J connectivity index is 1.94. The summed E-state index contributed by atoms with van der Waals surface area (Å²) in [7, 11) is -1.12. The molecule has 2 rings (SSSR count). The summed E-state index contributed by atoms with van der Waals surface area (Å²) in [5, 5.41) is 2.90. The molecule has 1 saturated heterocycles. The third kappa shape index (κ3) is 4.04.